The lowest BCUT2D eigenvalue weighted by Gasteiger charge is -2.06. The summed E-state index contributed by atoms with van der Waals surface area (Å²) in [5, 5.41) is 10.2. The van der Waals surface area contributed by atoms with Crippen molar-refractivity contribution >= 4 is 35.6 Å². The van der Waals surface area contributed by atoms with Crippen LogP contribution in [0.15, 0.2) is 17.5 Å². The van der Waals surface area contributed by atoms with Crippen LogP contribution in [0.25, 0.3) is 0 Å². The van der Waals surface area contributed by atoms with Gasteiger partial charge in [0.05, 0.1) is 11.4 Å². The Kier molecular flexibility index (Phi) is 9.26. The van der Waals surface area contributed by atoms with Crippen molar-refractivity contribution in [1.82, 2.24) is 16.0 Å². The van der Waals surface area contributed by atoms with Gasteiger partial charge in [0, 0.05) is 13.1 Å². The molecule has 0 atom stereocenters. The van der Waals surface area contributed by atoms with Gasteiger partial charge in [-0.2, -0.15) is 0 Å². The summed E-state index contributed by atoms with van der Waals surface area (Å²) in [6.45, 7) is 4.21. The zero-order valence-corrected chi connectivity index (χ0v) is 11.8. The molecule has 1 heterocycles. The zero-order valence-electron chi connectivity index (χ0n) is 10.2. The highest BCUT2D eigenvalue weighted by Crippen LogP contribution is 2.07. The van der Waals surface area contributed by atoms with Crippen LogP contribution in [-0.2, 0) is 4.79 Å². The van der Waals surface area contributed by atoms with Crippen LogP contribution in [0.3, 0.4) is 0 Å². The molecule has 0 radical (unpaired) electrons. The predicted molar refractivity (Wildman–Crippen MR) is 75.5 cm³/mol. The Balaban J connectivity index is 0.00000289. The molecule has 0 spiro atoms. The molecule has 18 heavy (non-hydrogen) atoms. The largest absolute Gasteiger partial charge is 0.353 e. The Labute approximate surface area is 117 Å². The van der Waals surface area contributed by atoms with E-state index in [2.05, 4.69) is 16.0 Å². The summed E-state index contributed by atoms with van der Waals surface area (Å²) in [5.74, 6) is -0.380. The fourth-order valence-corrected chi connectivity index (χ4v) is 1.83. The van der Waals surface area contributed by atoms with Crippen molar-refractivity contribution in [2.75, 3.05) is 26.2 Å². The minimum Gasteiger partial charge on any atom is -0.353 e. The molecule has 102 valence electrons. The first-order chi connectivity index (χ1) is 8.24. The Morgan fingerprint density at radius 1 is 1.28 bits per heavy atom. The van der Waals surface area contributed by atoms with Crippen molar-refractivity contribution in [3.05, 3.63) is 22.4 Å². The molecular formula is C11H18ClN3O2S. The number of carbonyl (C=O) groups is 2. The molecule has 7 heteroatoms. The number of hydrogen-bond acceptors (Lipinski definition) is 4. The number of carbonyl (C=O) groups excluding carboxylic acids is 2. The number of hydrogen-bond donors (Lipinski definition) is 3. The van der Waals surface area contributed by atoms with E-state index in [0.717, 1.165) is 13.1 Å². The third kappa shape index (κ3) is 6.58. The maximum absolute atomic E-state index is 11.5. The molecule has 0 saturated carbocycles. The van der Waals surface area contributed by atoms with E-state index in [9.17, 15) is 9.59 Å². The highest BCUT2D eigenvalue weighted by molar-refractivity contribution is 7.12. The summed E-state index contributed by atoms with van der Waals surface area (Å²) in [6, 6.07) is 3.53. The van der Waals surface area contributed by atoms with E-state index in [1.807, 2.05) is 12.3 Å². The number of likely N-dealkylation sites (N-methyl/N-ethyl adjacent to an activating group) is 1. The second-order valence-corrected chi connectivity index (χ2v) is 4.31. The molecule has 1 aromatic heterocycles. The first-order valence-corrected chi connectivity index (χ1v) is 6.41. The number of halogens is 1. The second-order valence-electron chi connectivity index (χ2n) is 3.36. The van der Waals surface area contributed by atoms with Gasteiger partial charge in [0.15, 0.2) is 0 Å². The minimum absolute atomic E-state index is 0. The van der Waals surface area contributed by atoms with Crippen molar-refractivity contribution in [3.63, 3.8) is 0 Å². The van der Waals surface area contributed by atoms with Crippen LogP contribution in [0, 0.1) is 0 Å². The smallest absolute Gasteiger partial charge is 0.261 e. The highest BCUT2D eigenvalue weighted by atomic mass is 35.5. The first-order valence-electron chi connectivity index (χ1n) is 5.53. The van der Waals surface area contributed by atoms with Crippen molar-refractivity contribution in [2.24, 2.45) is 0 Å². The van der Waals surface area contributed by atoms with Gasteiger partial charge in [-0.05, 0) is 18.0 Å². The summed E-state index contributed by atoms with van der Waals surface area (Å²) in [4.78, 5) is 23.4. The average Bonchev–Trinajstić information content (AvgIpc) is 2.85. The van der Waals surface area contributed by atoms with Gasteiger partial charge in [0.1, 0.15) is 0 Å². The minimum atomic E-state index is -0.207. The van der Waals surface area contributed by atoms with Gasteiger partial charge in [-0.15, -0.1) is 23.7 Å². The van der Waals surface area contributed by atoms with Gasteiger partial charge in [0.25, 0.3) is 5.91 Å². The predicted octanol–water partition coefficient (Wildman–Crippen LogP) is 0.625. The standard InChI is InChI=1S/C11H17N3O2S.ClH/c1-2-12-5-6-13-10(15)8-14-11(16)9-4-3-7-17-9;/h3-4,7,12H,2,5-6,8H2,1H3,(H,13,15)(H,14,16);1H. The van der Waals surface area contributed by atoms with Crippen LogP contribution < -0.4 is 16.0 Å². The molecule has 2 amide bonds. The normalized spacial score (nSPS) is 9.39. The van der Waals surface area contributed by atoms with Crippen molar-refractivity contribution in [3.8, 4) is 0 Å². The molecule has 1 aromatic rings. The lowest BCUT2D eigenvalue weighted by atomic mass is 10.4. The van der Waals surface area contributed by atoms with Gasteiger partial charge in [-0.3, -0.25) is 9.59 Å². The van der Waals surface area contributed by atoms with E-state index in [-0.39, 0.29) is 30.8 Å². The molecule has 0 aliphatic rings. The van der Waals surface area contributed by atoms with E-state index in [1.165, 1.54) is 11.3 Å². The first kappa shape index (κ1) is 16.9. The van der Waals surface area contributed by atoms with Crippen LogP contribution in [0.1, 0.15) is 16.6 Å². The average molecular weight is 292 g/mol. The fraction of sp³-hybridized carbons (Fsp3) is 0.455. The lowest BCUT2D eigenvalue weighted by molar-refractivity contribution is -0.120. The number of rotatable bonds is 7. The maximum atomic E-state index is 11.5. The third-order valence-corrected chi connectivity index (χ3v) is 2.90. The van der Waals surface area contributed by atoms with Gasteiger partial charge in [0.2, 0.25) is 5.91 Å². The SMILES string of the molecule is CCNCCNC(=O)CNC(=O)c1cccs1.Cl. The zero-order chi connectivity index (χ0) is 12.5. The van der Waals surface area contributed by atoms with E-state index < -0.39 is 0 Å². The summed E-state index contributed by atoms with van der Waals surface area (Å²) < 4.78 is 0. The molecule has 0 unspecified atom stereocenters. The molecule has 0 aromatic carbocycles. The molecular weight excluding hydrogens is 274 g/mol. The fourth-order valence-electron chi connectivity index (χ4n) is 1.19. The molecule has 0 fully saturated rings. The van der Waals surface area contributed by atoms with E-state index in [0.29, 0.717) is 11.4 Å². The summed E-state index contributed by atoms with van der Waals surface area (Å²) in [7, 11) is 0. The highest BCUT2D eigenvalue weighted by Gasteiger charge is 2.07. The van der Waals surface area contributed by atoms with Crippen LogP contribution in [-0.4, -0.2) is 38.0 Å². The van der Waals surface area contributed by atoms with Crippen LogP contribution in [0.5, 0.6) is 0 Å². The molecule has 0 bridgehead atoms. The topological polar surface area (TPSA) is 70.2 Å². The quantitative estimate of drug-likeness (QED) is 0.645. The van der Waals surface area contributed by atoms with Crippen LogP contribution in [0.4, 0.5) is 0 Å². The van der Waals surface area contributed by atoms with Crippen molar-refractivity contribution < 1.29 is 9.59 Å². The summed E-state index contributed by atoms with van der Waals surface area (Å²) >= 11 is 1.35. The molecule has 3 N–H and O–H groups in total. The van der Waals surface area contributed by atoms with Crippen molar-refractivity contribution in [1.29, 1.82) is 0 Å². The van der Waals surface area contributed by atoms with Crippen molar-refractivity contribution in [2.45, 2.75) is 6.92 Å². The van der Waals surface area contributed by atoms with E-state index >= 15 is 0 Å². The van der Waals surface area contributed by atoms with Gasteiger partial charge < -0.3 is 16.0 Å². The Morgan fingerprint density at radius 3 is 2.67 bits per heavy atom. The maximum Gasteiger partial charge on any atom is 0.261 e. The third-order valence-electron chi connectivity index (χ3n) is 2.03. The Morgan fingerprint density at radius 2 is 2.06 bits per heavy atom. The molecule has 5 nitrogen and oxygen atoms in total. The Hall–Kier alpha value is -1.11. The molecule has 1 rings (SSSR count). The van der Waals surface area contributed by atoms with Gasteiger partial charge >= 0.3 is 0 Å². The van der Waals surface area contributed by atoms with E-state index in [1.54, 1.807) is 12.1 Å². The number of amides is 2. The number of nitrogens with one attached hydrogen (secondary N) is 3. The molecule has 0 aliphatic heterocycles. The summed E-state index contributed by atoms with van der Waals surface area (Å²) in [6.07, 6.45) is 0. The van der Waals surface area contributed by atoms with E-state index in [4.69, 9.17) is 0 Å². The lowest BCUT2D eigenvalue weighted by Crippen LogP contribution is -2.39. The summed E-state index contributed by atoms with van der Waals surface area (Å²) in [5.41, 5.74) is 0. The Bertz CT molecular complexity index is 357. The van der Waals surface area contributed by atoms with Crippen LogP contribution >= 0.6 is 23.7 Å². The number of thiophene rings is 1. The monoisotopic (exact) mass is 291 g/mol. The molecule has 0 aliphatic carbocycles. The second kappa shape index (κ2) is 9.87. The molecule has 0 saturated heterocycles. The van der Waals surface area contributed by atoms with Gasteiger partial charge in [-0.25, -0.2) is 0 Å². The van der Waals surface area contributed by atoms with Crippen LogP contribution in [0.2, 0.25) is 0 Å². The van der Waals surface area contributed by atoms with Gasteiger partial charge in [-0.1, -0.05) is 13.0 Å².